The summed E-state index contributed by atoms with van der Waals surface area (Å²) in [5, 5.41) is 8.25. The molecule has 0 unspecified atom stereocenters. The number of nitrogens with zero attached hydrogens (tertiary/aromatic N) is 5. The van der Waals surface area contributed by atoms with Gasteiger partial charge in [0.1, 0.15) is 0 Å². The Morgan fingerprint density at radius 2 is 1.73 bits per heavy atom. The molecule has 0 amide bonds. The topological polar surface area (TPSA) is 69.6 Å². The maximum Gasteiger partial charge on any atom is 0.243 e. The van der Waals surface area contributed by atoms with Gasteiger partial charge in [0.05, 0.1) is 16.8 Å². The number of benzene rings is 1. The Kier molecular flexibility index (Phi) is 5.15. The smallest absolute Gasteiger partial charge is 0.243 e. The third kappa shape index (κ3) is 3.66. The molecule has 140 valence electrons. The monoisotopic (exact) mass is 375 g/mol. The molecule has 2 heterocycles. The second kappa shape index (κ2) is 7.20. The molecule has 1 saturated heterocycles. The Balaban J connectivity index is 1.74. The van der Waals surface area contributed by atoms with Crippen LogP contribution in [0.2, 0.25) is 0 Å². The van der Waals surface area contributed by atoms with Crippen LogP contribution >= 0.6 is 0 Å². The Morgan fingerprint density at radius 3 is 2.35 bits per heavy atom. The molecule has 2 aromatic rings. The summed E-state index contributed by atoms with van der Waals surface area (Å²) in [5.74, 6) is 0.778. The lowest BCUT2D eigenvalue weighted by Gasteiger charge is -2.34. The standard InChI is InChI=1S/C18H25N5O2S/c1-14-5-6-17(15(2)11-14)26(24,25)23-9-7-22(8-10-23)18-12-16(21(3)4)13-19-20-18/h5-6,11-13H,7-10H2,1-4H3. The number of aromatic nitrogens is 2. The summed E-state index contributed by atoms with van der Waals surface area (Å²) in [6.07, 6.45) is 1.71. The van der Waals surface area contributed by atoms with E-state index in [0.717, 1.165) is 22.6 Å². The van der Waals surface area contributed by atoms with E-state index in [1.54, 1.807) is 16.6 Å². The third-order valence-electron chi connectivity index (χ3n) is 4.65. The van der Waals surface area contributed by atoms with E-state index in [0.29, 0.717) is 31.1 Å². The first-order valence-corrected chi connectivity index (χ1v) is 10.1. The van der Waals surface area contributed by atoms with E-state index in [-0.39, 0.29) is 0 Å². The van der Waals surface area contributed by atoms with Gasteiger partial charge in [-0.25, -0.2) is 8.42 Å². The van der Waals surface area contributed by atoms with Gasteiger partial charge in [-0.1, -0.05) is 17.7 Å². The second-order valence-electron chi connectivity index (χ2n) is 6.83. The number of hydrogen-bond donors (Lipinski definition) is 0. The number of rotatable bonds is 4. The fraction of sp³-hybridized carbons (Fsp3) is 0.444. The zero-order valence-electron chi connectivity index (χ0n) is 15.7. The van der Waals surface area contributed by atoms with Crippen LogP contribution in [0.15, 0.2) is 35.4 Å². The summed E-state index contributed by atoms with van der Waals surface area (Å²) in [6, 6.07) is 7.43. The van der Waals surface area contributed by atoms with Crippen molar-refractivity contribution >= 4 is 21.5 Å². The van der Waals surface area contributed by atoms with E-state index in [1.165, 1.54) is 0 Å². The van der Waals surface area contributed by atoms with E-state index < -0.39 is 10.0 Å². The van der Waals surface area contributed by atoms with Crippen molar-refractivity contribution in [1.82, 2.24) is 14.5 Å². The average Bonchev–Trinajstić information content (AvgIpc) is 2.61. The summed E-state index contributed by atoms with van der Waals surface area (Å²) in [6.45, 7) is 5.86. The van der Waals surface area contributed by atoms with Crippen molar-refractivity contribution in [3.8, 4) is 0 Å². The summed E-state index contributed by atoms with van der Waals surface area (Å²) in [7, 11) is 0.433. The largest absolute Gasteiger partial charge is 0.376 e. The molecular weight excluding hydrogens is 350 g/mol. The first-order valence-electron chi connectivity index (χ1n) is 8.61. The van der Waals surface area contributed by atoms with Crippen molar-refractivity contribution in [2.75, 3.05) is 50.1 Å². The van der Waals surface area contributed by atoms with Crippen LogP contribution in [0.25, 0.3) is 0 Å². The highest BCUT2D eigenvalue weighted by atomic mass is 32.2. The van der Waals surface area contributed by atoms with Crippen LogP contribution in [0.3, 0.4) is 0 Å². The minimum absolute atomic E-state index is 0.394. The summed E-state index contributed by atoms with van der Waals surface area (Å²) >= 11 is 0. The number of hydrogen-bond acceptors (Lipinski definition) is 6. The Bertz CT molecular complexity index is 890. The molecule has 0 aliphatic carbocycles. The van der Waals surface area contributed by atoms with Crippen molar-refractivity contribution < 1.29 is 8.42 Å². The molecule has 0 N–H and O–H groups in total. The summed E-state index contributed by atoms with van der Waals surface area (Å²) in [4.78, 5) is 4.44. The Labute approximate surface area is 155 Å². The molecule has 1 aromatic heterocycles. The van der Waals surface area contributed by atoms with Crippen molar-refractivity contribution in [2.24, 2.45) is 0 Å². The van der Waals surface area contributed by atoms with Crippen LogP contribution in [0.5, 0.6) is 0 Å². The molecule has 1 aliphatic rings. The fourth-order valence-corrected chi connectivity index (χ4v) is 4.76. The van der Waals surface area contributed by atoms with Gasteiger partial charge in [-0.05, 0) is 25.5 Å². The maximum absolute atomic E-state index is 13.0. The van der Waals surface area contributed by atoms with Crippen LogP contribution in [-0.2, 0) is 10.0 Å². The number of anilines is 2. The first kappa shape index (κ1) is 18.6. The molecule has 0 spiro atoms. The normalized spacial score (nSPS) is 15.9. The van der Waals surface area contributed by atoms with Gasteiger partial charge < -0.3 is 9.80 Å². The van der Waals surface area contributed by atoms with Crippen LogP contribution in [0.4, 0.5) is 11.5 Å². The van der Waals surface area contributed by atoms with E-state index in [9.17, 15) is 8.42 Å². The van der Waals surface area contributed by atoms with Gasteiger partial charge in [-0.3, -0.25) is 0 Å². The van der Waals surface area contributed by atoms with Gasteiger partial charge in [0, 0.05) is 46.3 Å². The zero-order chi connectivity index (χ0) is 18.9. The summed E-state index contributed by atoms with van der Waals surface area (Å²) in [5.41, 5.74) is 2.82. The average molecular weight is 375 g/mol. The molecule has 3 rings (SSSR count). The molecule has 1 fully saturated rings. The lowest BCUT2D eigenvalue weighted by Crippen LogP contribution is -2.49. The van der Waals surface area contributed by atoms with Gasteiger partial charge in [0.15, 0.2) is 5.82 Å². The minimum atomic E-state index is -3.47. The maximum atomic E-state index is 13.0. The van der Waals surface area contributed by atoms with Crippen LogP contribution in [0, 0.1) is 13.8 Å². The van der Waals surface area contributed by atoms with Gasteiger partial charge >= 0.3 is 0 Å². The summed E-state index contributed by atoms with van der Waals surface area (Å²) < 4.78 is 27.5. The van der Waals surface area contributed by atoms with E-state index in [1.807, 2.05) is 51.0 Å². The Hall–Kier alpha value is -2.19. The Morgan fingerprint density at radius 1 is 1.04 bits per heavy atom. The van der Waals surface area contributed by atoms with E-state index in [2.05, 4.69) is 15.1 Å². The van der Waals surface area contributed by atoms with E-state index >= 15 is 0 Å². The van der Waals surface area contributed by atoms with Crippen molar-refractivity contribution in [3.63, 3.8) is 0 Å². The number of sulfonamides is 1. The highest BCUT2D eigenvalue weighted by Gasteiger charge is 2.30. The van der Waals surface area contributed by atoms with Crippen molar-refractivity contribution in [3.05, 3.63) is 41.6 Å². The SMILES string of the molecule is Cc1ccc(S(=O)(=O)N2CCN(c3cc(N(C)C)cnn3)CC2)c(C)c1. The highest BCUT2D eigenvalue weighted by Crippen LogP contribution is 2.24. The van der Waals surface area contributed by atoms with Crippen molar-refractivity contribution in [2.45, 2.75) is 18.7 Å². The quantitative estimate of drug-likeness (QED) is 0.810. The number of aryl methyl sites for hydroxylation is 2. The van der Waals surface area contributed by atoms with Gasteiger partial charge in [0.25, 0.3) is 0 Å². The highest BCUT2D eigenvalue weighted by molar-refractivity contribution is 7.89. The number of piperazine rings is 1. The second-order valence-corrected chi connectivity index (χ2v) is 8.73. The molecule has 1 aromatic carbocycles. The van der Waals surface area contributed by atoms with E-state index in [4.69, 9.17) is 0 Å². The van der Waals surface area contributed by atoms with Gasteiger partial charge in [-0.2, -0.15) is 9.40 Å². The lowest BCUT2D eigenvalue weighted by molar-refractivity contribution is 0.383. The molecule has 8 heteroatoms. The van der Waals surface area contributed by atoms with Crippen LogP contribution < -0.4 is 9.80 Å². The molecule has 0 atom stereocenters. The zero-order valence-corrected chi connectivity index (χ0v) is 16.5. The molecule has 26 heavy (non-hydrogen) atoms. The van der Waals surface area contributed by atoms with Crippen LogP contribution in [-0.4, -0.2) is 63.2 Å². The lowest BCUT2D eigenvalue weighted by atomic mass is 10.2. The minimum Gasteiger partial charge on any atom is -0.376 e. The van der Waals surface area contributed by atoms with Crippen molar-refractivity contribution in [1.29, 1.82) is 0 Å². The molecular formula is C18H25N5O2S. The molecule has 0 saturated carbocycles. The molecule has 0 bridgehead atoms. The van der Waals surface area contributed by atoms with Crippen LogP contribution in [0.1, 0.15) is 11.1 Å². The molecule has 0 radical (unpaired) electrons. The fourth-order valence-electron chi connectivity index (χ4n) is 3.13. The van der Waals surface area contributed by atoms with Gasteiger partial charge in [-0.15, -0.1) is 5.10 Å². The third-order valence-corrected chi connectivity index (χ3v) is 6.71. The first-order chi connectivity index (χ1) is 12.3. The van der Waals surface area contributed by atoms with Gasteiger partial charge in [0.2, 0.25) is 10.0 Å². The predicted molar refractivity (Wildman–Crippen MR) is 103 cm³/mol. The molecule has 1 aliphatic heterocycles. The predicted octanol–water partition coefficient (Wildman–Crippen LogP) is 1.67. The molecule has 7 nitrogen and oxygen atoms in total.